The molecule has 0 saturated carbocycles. The number of rotatable bonds is 5. The van der Waals surface area contributed by atoms with Crippen LogP contribution in [0, 0.1) is 0 Å². The molecule has 4 rings (SSSR count). The molecule has 146 valence electrons. The van der Waals surface area contributed by atoms with E-state index in [0.717, 1.165) is 22.3 Å². The van der Waals surface area contributed by atoms with Gasteiger partial charge in [0.2, 0.25) is 0 Å². The van der Waals surface area contributed by atoms with E-state index in [4.69, 9.17) is 14.6 Å². The number of carboxylic acids is 1. The van der Waals surface area contributed by atoms with Gasteiger partial charge in [0.15, 0.2) is 5.69 Å². The van der Waals surface area contributed by atoms with Gasteiger partial charge in [-0.2, -0.15) is 0 Å². The fourth-order valence-electron chi connectivity index (χ4n) is 3.54. The smallest absolute Gasteiger partial charge is 0.412 e. The number of pyridine rings is 1. The first kappa shape index (κ1) is 18.5. The minimum absolute atomic E-state index is 0.0407. The first-order chi connectivity index (χ1) is 14.1. The number of carboxylic acid groups (broad SMARTS) is 1. The number of benzene rings is 2. The third-order valence-corrected chi connectivity index (χ3v) is 4.83. The van der Waals surface area contributed by atoms with Crippen molar-refractivity contribution in [3.8, 4) is 16.9 Å². The van der Waals surface area contributed by atoms with Gasteiger partial charge >= 0.3 is 12.1 Å². The summed E-state index contributed by atoms with van der Waals surface area (Å²) in [7, 11) is 1.40. The van der Waals surface area contributed by atoms with Gasteiger partial charge in [-0.25, -0.2) is 14.6 Å². The topological polar surface area (TPSA) is 97.8 Å². The average Bonchev–Trinajstić information content (AvgIpc) is 3.06. The highest BCUT2D eigenvalue weighted by atomic mass is 16.5. The van der Waals surface area contributed by atoms with E-state index < -0.39 is 12.1 Å². The molecule has 1 aromatic heterocycles. The van der Waals surface area contributed by atoms with E-state index in [1.807, 2.05) is 36.4 Å². The zero-order chi connectivity index (χ0) is 20.4. The summed E-state index contributed by atoms with van der Waals surface area (Å²) in [6.45, 7) is 0.148. The Morgan fingerprint density at radius 3 is 2.24 bits per heavy atom. The third-order valence-electron chi connectivity index (χ3n) is 4.83. The number of methoxy groups -OCH3 is 1. The Labute approximate surface area is 166 Å². The Balaban J connectivity index is 1.50. The van der Waals surface area contributed by atoms with Crippen LogP contribution in [0.4, 0.5) is 10.6 Å². The first-order valence-electron chi connectivity index (χ1n) is 8.98. The lowest BCUT2D eigenvalue weighted by atomic mass is 9.98. The highest BCUT2D eigenvalue weighted by Crippen LogP contribution is 2.44. The zero-order valence-corrected chi connectivity index (χ0v) is 15.6. The summed E-state index contributed by atoms with van der Waals surface area (Å²) in [5.41, 5.74) is 4.25. The van der Waals surface area contributed by atoms with Crippen LogP contribution in [0.15, 0.2) is 60.7 Å². The molecular formula is C22H18N2O5. The van der Waals surface area contributed by atoms with Gasteiger partial charge in [-0.15, -0.1) is 0 Å². The Kier molecular flexibility index (Phi) is 4.87. The van der Waals surface area contributed by atoms with Crippen molar-refractivity contribution in [1.29, 1.82) is 0 Å². The van der Waals surface area contributed by atoms with Gasteiger partial charge in [0.05, 0.1) is 7.11 Å². The summed E-state index contributed by atoms with van der Waals surface area (Å²) in [5, 5.41) is 11.6. The van der Waals surface area contributed by atoms with Gasteiger partial charge in [0.25, 0.3) is 0 Å². The molecule has 7 heteroatoms. The fraction of sp³-hybridized carbons (Fsp3) is 0.136. The lowest BCUT2D eigenvalue weighted by Gasteiger charge is -2.14. The fourth-order valence-corrected chi connectivity index (χ4v) is 3.54. The molecule has 1 aliphatic rings. The molecule has 0 spiro atoms. The normalized spacial score (nSPS) is 12.0. The number of anilines is 1. The number of ether oxygens (including phenoxy) is 2. The van der Waals surface area contributed by atoms with Gasteiger partial charge in [0.1, 0.15) is 18.2 Å². The molecule has 0 radical (unpaired) electrons. The van der Waals surface area contributed by atoms with Crippen LogP contribution in [0.5, 0.6) is 5.75 Å². The predicted molar refractivity (Wildman–Crippen MR) is 106 cm³/mol. The summed E-state index contributed by atoms with van der Waals surface area (Å²) in [5.74, 6) is -0.981. The Morgan fingerprint density at radius 2 is 1.66 bits per heavy atom. The van der Waals surface area contributed by atoms with E-state index in [-0.39, 0.29) is 29.8 Å². The van der Waals surface area contributed by atoms with Crippen molar-refractivity contribution in [1.82, 2.24) is 4.98 Å². The molecule has 0 atom stereocenters. The maximum Gasteiger partial charge on any atom is 0.412 e. The van der Waals surface area contributed by atoms with Crippen molar-refractivity contribution in [2.24, 2.45) is 0 Å². The van der Waals surface area contributed by atoms with Gasteiger partial charge < -0.3 is 14.6 Å². The lowest BCUT2D eigenvalue weighted by molar-refractivity contribution is 0.0690. The molecule has 1 heterocycles. The SMILES string of the molecule is COc1cc(NC(=O)OCC2c3ccccc3-c3ccccc32)nc(C(=O)O)c1. The highest BCUT2D eigenvalue weighted by Gasteiger charge is 2.29. The number of amides is 1. The van der Waals surface area contributed by atoms with E-state index in [1.54, 1.807) is 0 Å². The van der Waals surface area contributed by atoms with Crippen LogP contribution in [-0.4, -0.2) is 35.9 Å². The van der Waals surface area contributed by atoms with Crippen LogP contribution in [0.1, 0.15) is 27.5 Å². The molecule has 7 nitrogen and oxygen atoms in total. The lowest BCUT2D eigenvalue weighted by Crippen LogP contribution is -2.19. The van der Waals surface area contributed by atoms with E-state index in [1.165, 1.54) is 19.2 Å². The molecule has 29 heavy (non-hydrogen) atoms. The molecule has 0 aliphatic heterocycles. The van der Waals surface area contributed by atoms with Crippen LogP contribution in [-0.2, 0) is 4.74 Å². The highest BCUT2D eigenvalue weighted by molar-refractivity contribution is 5.89. The monoisotopic (exact) mass is 390 g/mol. The number of aromatic nitrogens is 1. The molecular weight excluding hydrogens is 372 g/mol. The predicted octanol–water partition coefficient (Wildman–Crippen LogP) is 4.15. The van der Waals surface area contributed by atoms with Crippen molar-refractivity contribution in [3.05, 3.63) is 77.5 Å². The molecule has 0 saturated heterocycles. The Hall–Kier alpha value is -3.87. The van der Waals surface area contributed by atoms with Crippen molar-refractivity contribution >= 4 is 17.9 Å². The number of nitrogens with zero attached hydrogens (tertiary/aromatic N) is 1. The van der Waals surface area contributed by atoms with E-state index >= 15 is 0 Å². The summed E-state index contributed by atoms with van der Waals surface area (Å²) < 4.78 is 10.5. The van der Waals surface area contributed by atoms with Crippen LogP contribution in [0.2, 0.25) is 0 Å². The van der Waals surface area contributed by atoms with Crippen LogP contribution in [0.25, 0.3) is 11.1 Å². The molecule has 2 aromatic carbocycles. The zero-order valence-electron chi connectivity index (χ0n) is 15.6. The number of aromatic carboxylic acids is 1. The number of hydrogen-bond acceptors (Lipinski definition) is 5. The second kappa shape index (κ2) is 7.63. The van der Waals surface area contributed by atoms with Crippen LogP contribution < -0.4 is 10.1 Å². The second-order valence-corrected chi connectivity index (χ2v) is 6.53. The van der Waals surface area contributed by atoms with Gasteiger partial charge in [0, 0.05) is 18.1 Å². The summed E-state index contributed by atoms with van der Waals surface area (Å²) >= 11 is 0. The molecule has 0 bridgehead atoms. The van der Waals surface area contributed by atoms with Gasteiger partial charge in [-0.05, 0) is 22.3 Å². The quantitative estimate of drug-likeness (QED) is 0.679. The van der Waals surface area contributed by atoms with E-state index in [2.05, 4.69) is 22.4 Å². The largest absolute Gasteiger partial charge is 0.497 e. The standard InChI is InChI=1S/C22H18N2O5/c1-28-13-10-19(21(25)26)23-20(11-13)24-22(27)29-12-18-16-8-4-2-6-14(16)15-7-3-5-9-17(15)18/h2-11,18H,12H2,1H3,(H,25,26)(H,23,24,27). The van der Waals surface area contributed by atoms with Crippen molar-refractivity contribution in [2.75, 3.05) is 19.0 Å². The van der Waals surface area contributed by atoms with Crippen molar-refractivity contribution in [2.45, 2.75) is 5.92 Å². The van der Waals surface area contributed by atoms with Gasteiger partial charge in [-0.3, -0.25) is 5.32 Å². The van der Waals surface area contributed by atoms with E-state index in [9.17, 15) is 9.59 Å². The number of carbonyl (C=O) groups is 2. The first-order valence-corrected chi connectivity index (χ1v) is 8.98. The number of hydrogen-bond donors (Lipinski definition) is 2. The maximum atomic E-state index is 12.3. The number of fused-ring (bicyclic) bond motifs is 3. The van der Waals surface area contributed by atoms with E-state index in [0.29, 0.717) is 0 Å². The molecule has 1 aliphatic carbocycles. The van der Waals surface area contributed by atoms with Gasteiger partial charge in [-0.1, -0.05) is 48.5 Å². The minimum atomic E-state index is -1.22. The molecule has 2 N–H and O–H groups in total. The Morgan fingerprint density at radius 1 is 1.03 bits per heavy atom. The Bertz CT molecular complexity index is 1050. The second-order valence-electron chi connectivity index (χ2n) is 6.53. The van der Waals surface area contributed by atoms with Crippen LogP contribution in [0.3, 0.4) is 0 Å². The number of nitrogens with one attached hydrogen (secondary N) is 1. The molecule has 0 unspecified atom stereocenters. The molecule has 3 aromatic rings. The third kappa shape index (κ3) is 3.62. The maximum absolute atomic E-state index is 12.3. The van der Waals surface area contributed by atoms with Crippen LogP contribution >= 0.6 is 0 Å². The van der Waals surface area contributed by atoms with Crippen molar-refractivity contribution < 1.29 is 24.2 Å². The summed E-state index contributed by atoms with van der Waals surface area (Å²) in [4.78, 5) is 27.4. The summed E-state index contributed by atoms with van der Waals surface area (Å²) in [6.07, 6.45) is -0.719. The number of carbonyl (C=O) groups excluding carboxylic acids is 1. The minimum Gasteiger partial charge on any atom is -0.497 e. The average molecular weight is 390 g/mol. The molecule has 1 amide bonds. The summed E-state index contributed by atoms with van der Waals surface area (Å²) in [6, 6.07) is 18.8. The molecule has 0 fully saturated rings. The van der Waals surface area contributed by atoms with Crippen molar-refractivity contribution in [3.63, 3.8) is 0 Å².